The Morgan fingerprint density at radius 2 is 2.17 bits per heavy atom. The first-order valence-electron chi connectivity index (χ1n) is 4.71. The normalized spacial score (nSPS) is 32.1. The van der Waals surface area contributed by atoms with Crippen LogP contribution in [0.4, 0.5) is 4.79 Å². The van der Waals surface area contributed by atoms with E-state index in [0.29, 0.717) is 5.92 Å². The van der Waals surface area contributed by atoms with Crippen LogP contribution in [0.3, 0.4) is 0 Å². The molecule has 1 aliphatic carbocycles. The second-order valence-electron chi connectivity index (χ2n) is 4.32. The van der Waals surface area contributed by atoms with Gasteiger partial charge < -0.3 is 10.6 Å². The number of nitrogens with zero attached hydrogens (tertiary/aromatic N) is 1. The molecule has 0 aromatic rings. The van der Waals surface area contributed by atoms with Gasteiger partial charge in [0, 0.05) is 12.1 Å². The van der Waals surface area contributed by atoms with Crippen molar-refractivity contribution < 1.29 is 4.79 Å². The summed E-state index contributed by atoms with van der Waals surface area (Å²) in [4.78, 5) is 13.0. The molecule has 12 heavy (non-hydrogen) atoms. The fourth-order valence-corrected chi connectivity index (χ4v) is 2.23. The second kappa shape index (κ2) is 2.38. The number of urea groups is 1. The maximum Gasteiger partial charge on any atom is 0.315 e. The van der Waals surface area contributed by atoms with Gasteiger partial charge in [0.25, 0.3) is 0 Å². The zero-order chi connectivity index (χ0) is 8.77. The maximum atomic E-state index is 11.1. The van der Waals surface area contributed by atoms with Gasteiger partial charge in [0.05, 0.1) is 0 Å². The van der Waals surface area contributed by atoms with Gasteiger partial charge in [0.15, 0.2) is 0 Å². The molecule has 0 radical (unpaired) electrons. The number of carbonyl (C=O) groups excluding carboxylic acids is 1. The lowest BCUT2D eigenvalue weighted by atomic mass is 9.93. The van der Waals surface area contributed by atoms with Gasteiger partial charge >= 0.3 is 6.03 Å². The second-order valence-corrected chi connectivity index (χ2v) is 4.32. The van der Waals surface area contributed by atoms with E-state index in [1.807, 2.05) is 4.90 Å². The highest BCUT2D eigenvalue weighted by Crippen LogP contribution is 2.49. The molecule has 0 aromatic heterocycles. The van der Waals surface area contributed by atoms with Gasteiger partial charge in [-0.25, -0.2) is 4.79 Å². The zero-order valence-corrected chi connectivity index (χ0v) is 7.55. The lowest BCUT2D eigenvalue weighted by Crippen LogP contribution is -2.50. The summed E-state index contributed by atoms with van der Waals surface area (Å²) in [5.74, 6) is 0.628. The molecular formula is C9H16N2O. The molecule has 1 spiro atoms. The van der Waals surface area contributed by atoms with Crippen molar-refractivity contribution in [3.05, 3.63) is 0 Å². The quantitative estimate of drug-likeness (QED) is 0.582. The van der Waals surface area contributed by atoms with E-state index in [2.05, 4.69) is 6.92 Å². The Morgan fingerprint density at radius 3 is 2.67 bits per heavy atom. The molecular weight excluding hydrogens is 152 g/mol. The first kappa shape index (κ1) is 7.90. The first-order valence-corrected chi connectivity index (χ1v) is 4.71. The highest BCUT2D eigenvalue weighted by molar-refractivity contribution is 5.73. The van der Waals surface area contributed by atoms with Gasteiger partial charge in [-0.15, -0.1) is 0 Å². The van der Waals surface area contributed by atoms with Crippen molar-refractivity contribution in [3.63, 3.8) is 0 Å². The minimum absolute atomic E-state index is 0.207. The van der Waals surface area contributed by atoms with Crippen molar-refractivity contribution in [3.8, 4) is 0 Å². The molecule has 1 saturated heterocycles. The largest absolute Gasteiger partial charge is 0.351 e. The molecule has 2 fully saturated rings. The molecule has 1 atom stereocenters. The van der Waals surface area contributed by atoms with E-state index in [1.54, 1.807) is 0 Å². The number of hydrogen-bond acceptors (Lipinski definition) is 1. The van der Waals surface area contributed by atoms with Crippen LogP contribution in [0.15, 0.2) is 0 Å². The van der Waals surface area contributed by atoms with Crippen molar-refractivity contribution in [2.45, 2.75) is 38.1 Å². The Balaban J connectivity index is 2.11. The van der Waals surface area contributed by atoms with Crippen LogP contribution >= 0.6 is 0 Å². The van der Waals surface area contributed by atoms with Crippen LogP contribution in [0.2, 0.25) is 0 Å². The van der Waals surface area contributed by atoms with E-state index in [-0.39, 0.29) is 11.6 Å². The molecule has 68 valence electrons. The lowest BCUT2D eigenvalue weighted by Gasteiger charge is -2.38. The Kier molecular flexibility index (Phi) is 1.56. The number of carbonyl (C=O) groups is 1. The molecule has 1 heterocycles. The summed E-state index contributed by atoms with van der Waals surface area (Å²) in [6.07, 6.45) is 4.76. The summed E-state index contributed by atoms with van der Waals surface area (Å²) >= 11 is 0. The fourth-order valence-electron chi connectivity index (χ4n) is 2.23. The van der Waals surface area contributed by atoms with Crippen LogP contribution in [0, 0.1) is 5.92 Å². The third-order valence-corrected chi connectivity index (χ3v) is 3.26. The average Bonchev–Trinajstić information content (AvgIpc) is 2.76. The number of hydrogen-bond donors (Lipinski definition) is 1. The van der Waals surface area contributed by atoms with Gasteiger partial charge in [-0.05, 0) is 31.6 Å². The van der Waals surface area contributed by atoms with E-state index in [4.69, 9.17) is 5.73 Å². The number of primary amides is 1. The van der Waals surface area contributed by atoms with Gasteiger partial charge in [-0.2, -0.15) is 0 Å². The highest BCUT2D eigenvalue weighted by atomic mass is 16.2. The van der Waals surface area contributed by atoms with Crippen LogP contribution < -0.4 is 5.73 Å². The number of rotatable bonds is 0. The van der Waals surface area contributed by atoms with Crippen LogP contribution in [0.25, 0.3) is 0 Å². The van der Waals surface area contributed by atoms with Gasteiger partial charge in [0.1, 0.15) is 0 Å². The average molecular weight is 168 g/mol. The molecule has 2 aliphatic rings. The summed E-state index contributed by atoms with van der Waals surface area (Å²) in [5, 5.41) is 0. The van der Waals surface area contributed by atoms with Crippen molar-refractivity contribution in [2.24, 2.45) is 11.7 Å². The van der Waals surface area contributed by atoms with E-state index in [0.717, 1.165) is 13.0 Å². The number of amides is 2. The molecule has 3 heteroatoms. The standard InChI is InChI=1S/C9H16N2O/c1-7-2-3-9(4-5-9)11(6-7)8(10)12/h7H,2-6H2,1H3,(H2,10,12). The number of nitrogens with two attached hydrogens (primary N) is 1. The van der Waals surface area contributed by atoms with E-state index >= 15 is 0 Å². The fraction of sp³-hybridized carbons (Fsp3) is 0.889. The number of likely N-dealkylation sites (tertiary alicyclic amines) is 1. The summed E-state index contributed by atoms with van der Waals surface area (Å²) in [5.41, 5.74) is 5.54. The minimum Gasteiger partial charge on any atom is -0.351 e. The van der Waals surface area contributed by atoms with Gasteiger partial charge in [-0.3, -0.25) is 0 Å². The molecule has 2 rings (SSSR count). The van der Waals surface area contributed by atoms with Crippen molar-refractivity contribution >= 4 is 6.03 Å². The minimum atomic E-state index is -0.223. The Labute approximate surface area is 72.9 Å². The molecule has 2 amide bonds. The Bertz CT molecular complexity index is 211. The van der Waals surface area contributed by atoms with Crippen LogP contribution in [-0.4, -0.2) is 23.0 Å². The van der Waals surface area contributed by atoms with E-state index in [1.165, 1.54) is 19.3 Å². The first-order chi connectivity index (χ1) is 5.64. The smallest absolute Gasteiger partial charge is 0.315 e. The molecule has 2 N–H and O–H groups in total. The van der Waals surface area contributed by atoms with Gasteiger partial charge in [-0.1, -0.05) is 6.92 Å². The molecule has 0 aromatic carbocycles. The van der Waals surface area contributed by atoms with Crippen LogP contribution in [0.5, 0.6) is 0 Å². The lowest BCUT2D eigenvalue weighted by molar-refractivity contribution is 0.123. The monoisotopic (exact) mass is 168 g/mol. The zero-order valence-electron chi connectivity index (χ0n) is 7.55. The highest BCUT2D eigenvalue weighted by Gasteiger charge is 2.51. The van der Waals surface area contributed by atoms with Crippen molar-refractivity contribution in [1.29, 1.82) is 0 Å². The molecule has 0 bridgehead atoms. The van der Waals surface area contributed by atoms with E-state index in [9.17, 15) is 4.79 Å². The van der Waals surface area contributed by atoms with Gasteiger partial charge in [0.2, 0.25) is 0 Å². The van der Waals surface area contributed by atoms with Crippen LogP contribution in [-0.2, 0) is 0 Å². The summed E-state index contributed by atoms with van der Waals surface area (Å²) < 4.78 is 0. The molecule has 1 aliphatic heterocycles. The predicted octanol–water partition coefficient (Wildman–Crippen LogP) is 1.33. The van der Waals surface area contributed by atoms with Crippen LogP contribution in [0.1, 0.15) is 32.6 Å². The SMILES string of the molecule is CC1CCC2(CC2)N(C(N)=O)C1. The van der Waals surface area contributed by atoms with E-state index < -0.39 is 0 Å². The van der Waals surface area contributed by atoms with Crippen molar-refractivity contribution in [2.75, 3.05) is 6.54 Å². The predicted molar refractivity (Wildman–Crippen MR) is 46.7 cm³/mol. The Hall–Kier alpha value is -0.730. The molecule has 1 unspecified atom stereocenters. The Morgan fingerprint density at radius 1 is 1.50 bits per heavy atom. The summed E-state index contributed by atoms with van der Waals surface area (Å²) in [6, 6.07) is -0.223. The maximum absolute atomic E-state index is 11.1. The summed E-state index contributed by atoms with van der Waals surface area (Å²) in [6.45, 7) is 3.06. The number of piperidine rings is 1. The van der Waals surface area contributed by atoms with Crippen molar-refractivity contribution in [1.82, 2.24) is 4.90 Å². The molecule has 1 saturated carbocycles. The third kappa shape index (κ3) is 1.08. The summed E-state index contributed by atoms with van der Waals surface area (Å²) in [7, 11) is 0. The third-order valence-electron chi connectivity index (χ3n) is 3.26. The topological polar surface area (TPSA) is 46.3 Å². The molecule has 3 nitrogen and oxygen atoms in total.